The molecule has 0 saturated carbocycles. The summed E-state index contributed by atoms with van der Waals surface area (Å²) in [7, 11) is 0. The van der Waals surface area contributed by atoms with Gasteiger partial charge in [-0.1, -0.05) is 149 Å². The molecule has 0 amide bonds. The van der Waals surface area contributed by atoms with Gasteiger partial charge in [-0.2, -0.15) is 0 Å². The van der Waals surface area contributed by atoms with Crippen LogP contribution in [0.25, 0.3) is 11.0 Å². The molecule has 0 bridgehead atoms. The van der Waals surface area contributed by atoms with Crippen molar-refractivity contribution in [3.63, 3.8) is 0 Å². The highest BCUT2D eigenvalue weighted by molar-refractivity contribution is 7.00. The fourth-order valence-electron chi connectivity index (χ4n) is 13.4. The Kier molecular flexibility index (Phi) is 9.42. The summed E-state index contributed by atoms with van der Waals surface area (Å²) in [6.07, 6.45) is 7.06. The third kappa shape index (κ3) is 6.64. The van der Waals surface area contributed by atoms with Crippen molar-refractivity contribution in [3.05, 3.63) is 123 Å². The first-order chi connectivity index (χ1) is 31.4. The van der Waals surface area contributed by atoms with Crippen molar-refractivity contribution >= 4 is 68.4 Å². The predicted molar refractivity (Wildman–Crippen MR) is 293 cm³/mol. The highest BCUT2D eigenvalue weighted by Crippen LogP contribution is 2.55. The lowest BCUT2D eigenvalue weighted by Crippen LogP contribution is -2.61. The average Bonchev–Trinajstić information content (AvgIpc) is 3.63. The Morgan fingerprint density at radius 3 is 1.34 bits per heavy atom. The Hall–Kier alpha value is -4.70. The van der Waals surface area contributed by atoms with Crippen molar-refractivity contribution in [1.29, 1.82) is 0 Å². The van der Waals surface area contributed by atoms with Gasteiger partial charge in [0, 0.05) is 33.8 Å². The zero-order chi connectivity index (χ0) is 48.8. The van der Waals surface area contributed by atoms with Crippen LogP contribution < -0.4 is 26.4 Å². The number of fused-ring (bicyclic) bond motifs is 9. The van der Waals surface area contributed by atoms with E-state index in [1.54, 1.807) is 0 Å². The average molecular weight is 903 g/mol. The Bertz CT molecular complexity index is 3120. The minimum atomic E-state index is -0.123. The molecular weight excluding hydrogens is 824 g/mol. The second kappa shape index (κ2) is 14.0. The van der Waals surface area contributed by atoms with Crippen LogP contribution >= 0.6 is 0 Å². The molecule has 6 aromatic rings. The normalized spacial score (nSPS) is 21.1. The summed E-state index contributed by atoms with van der Waals surface area (Å²) in [5.74, 6) is 0. The van der Waals surface area contributed by atoms with Crippen molar-refractivity contribution in [2.45, 2.75) is 206 Å². The predicted octanol–water partition coefficient (Wildman–Crippen LogP) is 16.2. The van der Waals surface area contributed by atoms with Crippen LogP contribution in [0, 0.1) is 0 Å². The van der Waals surface area contributed by atoms with Gasteiger partial charge in [-0.05, 0) is 192 Å². The number of hydrogen-bond acceptors (Lipinski definition) is 3. The third-order valence-corrected chi connectivity index (χ3v) is 18.6. The number of anilines is 6. The lowest BCUT2D eigenvalue weighted by molar-refractivity contribution is 0.332. The van der Waals surface area contributed by atoms with Crippen LogP contribution in [-0.4, -0.2) is 6.71 Å². The maximum Gasteiger partial charge on any atom is 0.297 e. The molecule has 0 fully saturated rings. The molecule has 3 aliphatic carbocycles. The molecule has 3 heterocycles. The van der Waals surface area contributed by atoms with Crippen LogP contribution in [0.2, 0.25) is 0 Å². The lowest BCUT2D eigenvalue weighted by Gasteiger charge is -2.47. The Labute approximate surface area is 410 Å². The van der Waals surface area contributed by atoms with E-state index >= 15 is 0 Å². The summed E-state index contributed by atoms with van der Waals surface area (Å²) in [5, 5.41) is 1.20. The van der Waals surface area contributed by atoms with E-state index in [4.69, 9.17) is 4.42 Å². The first-order valence-corrected chi connectivity index (χ1v) is 26.3. The van der Waals surface area contributed by atoms with Crippen LogP contribution in [0.4, 0.5) is 34.1 Å². The maximum absolute atomic E-state index is 7.54. The minimum absolute atomic E-state index is 0.0300. The van der Waals surface area contributed by atoms with Crippen molar-refractivity contribution in [1.82, 2.24) is 0 Å². The summed E-state index contributed by atoms with van der Waals surface area (Å²) < 4.78 is 7.54. The molecular formula is C64H79BN2O. The largest absolute Gasteiger partial charge is 0.468 e. The minimum Gasteiger partial charge on any atom is -0.468 e. The van der Waals surface area contributed by atoms with Gasteiger partial charge < -0.3 is 14.2 Å². The molecule has 0 atom stereocenters. The molecule has 0 saturated heterocycles. The molecule has 5 aromatic carbocycles. The SMILES string of the molecule is CC(C)(C)c1cc2c3c(c1)N(c1ccc4c(c1)C(C)(C)CCC4(C)C)c1c(oc4ccc(C(C)(C)C)cc14)B3c1cc3c(cc1N2c1ccc2c(c1)C(C)(C)CCC2(C)C)C(C)(C)CCC3(C)C. The zero-order valence-corrected chi connectivity index (χ0v) is 45.1. The summed E-state index contributed by atoms with van der Waals surface area (Å²) in [6, 6.07) is 32.5. The van der Waals surface area contributed by atoms with Crippen molar-refractivity contribution in [2.75, 3.05) is 9.80 Å². The van der Waals surface area contributed by atoms with E-state index in [2.05, 4.69) is 213 Å². The van der Waals surface area contributed by atoms with Crippen molar-refractivity contribution in [3.8, 4) is 0 Å². The van der Waals surface area contributed by atoms with E-state index in [1.165, 1.54) is 127 Å². The van der Waals surface area contributed by atoms with Crippen molar-refractivity contribution < 1.29 is 4.42 Å². The standard InChI is InChI=1S/C64H79BN2O/c1-57(2,3)38-19-24-53-42(31-38)55-56(68-53)65-49-36-47-48(64(17,18)30-29-63(47,15)16)37-50(49)66(40-20-22-43-45(34-40)61(11,12)27-25-59(43,7)8)51-32-39(58(4,5)6)33-52(54(51)65)67(55)41-21-23-44-46(35-41)62(13,14)28-26-60(44,9)10/h19-24,31-37H,25-30H2,1-18H3. The first kappa shape index (κ1) is 45.7. The summed E-state index contributed by atoms with van der Waals surface area (Å²) in [4.78, 5) is 5.36. The van der Waals surface area contributed by atoms with Gasteiger partial charge in [0.05, 0.1) is 11.3 Å². The molecule has 68 heavy (non-hydrogen) atoms. The van der Waals surface area contributed by atoms with E-state index in [0.717, 1.165) is 17.7 Å². The summed E-state index contributed by atoms with van der Waals surface area (Å²) in [5.41, 5.74) is 24.1. The maximum atomic E-state index is 7.54. The van der Waals surface area contributed by atoms with Gasteiger partial charge in [0.2, 0.25) is 0 Å². The number of hydrogen-bond donors (Lipinski definition) is 0. The number of furan rings is 1. The second-order valence-corrected chi connectivity index (χ2v) is 28.3. The monoisotopic (exact) mass is 903 g/mol. The highest BCUT2D eigenvalue weighted by atomic mass is 16.3. The molecule has 0 spiro atoms. The number of rotatable bonds is 2. The van der Waals surface area contributed by atoms with Gasteiger partial charge >= 0.3 is 0 Å². The first-order valence-electron chi connectivity index (χ1n) is 26.3. The number of benzene rings is 5. The molecule has 2 aliphatic heterocycles. The molecule has 11 rings (SSSR count). The molecule has 0 N–H and O–H groups in total. The fourth-order valence-corrected chi connectivity index (χ4v) is 13.4. The van der Waals surface area contributed by atoms with Crippen LogP contribution in [0.3, 0.4) is 0 Å². The van der Waals surface area contributed by atoms with Gasteiger partial charge in [-0.3, -0.25) is 0 Å². The molecule has 354 valence electrons. The number of nitrogens with zero attached hydrogens (tertiary/aromatic N) is 2. The summed E-state index contributed by atoms with van der Waals surface area (Å²) >= 11 is 0. The fraction of sp³-hybridized carbons (Fsp3) is 0.500. The van der Waals surface area contributed by atoms with Crippen LogP contribution in [0.15, 0.2) is 83.3 Å². The van der Waals surface area contributed by atoms with E-state index in [1.807, 2.05) is 0 Å². The summed E-state index contributed by atoms with van der Waals surface area (Å²) in [6.45, 7) is 43.7. The highest BCUT2D eigenvalue weighted by Gasteiger charge is 2.50. The van der Waals surface area contributed by atoms with Gasteiger partial charge in [0.15, 0.2) is 0 Å². The smallest absolute Gasteiger partial charge is 0.297 e. The van der Waals surface area contributed by atoms with Crippen molar-refractivity contribution in [2.24, 2.45) is 0 Å². The van der Waals surface area contributed by atoms with E-state index in [0.29, 0.717) is 0 Å². The molecule has 3 nitrogen and oxygen atoms in total. The molecule has 5 aliphatic rings. The van der Waals surface area contributed by atoms with Gasteiger partial charge in [-0.15, -0.1) is 0 Å². The Balaban J connectivity index is 1.30. The quantitative estimate of drug-likeness (QED) is 0.161. The molecule has 1 aromatic heterocycles. The van der Waals surface area contributed by atoms with E-state index in [9.17, 15) is 0 Å². The molecule has 4 heteroatoms. The van der Waals surface area contributed by atoms with Crippen LogP contribution in [0.5, 0.6) is 0 Å². The van der Waals surface area contributed by atoms with Gasteiger partial charge in [0.25, 0.3) is 6.71 Å². The Morgan fingerprint density at radius 2 is 0.853 bits per heavy atom. The van der Waals surface area contributed by atoms with Crippen LogP contribution in [-0.2, 0) is 43.3 Å². The van der Waals surface area contributed by atoms with Gasteiger partial charge in [0.1, 0.15) is 5.58 Å². The van der Waals surface area contributed by atoms with Crippen LogP contribution in [0.1, 0.15) is 208 Å². The topological polar surface area (TPSA) is 19.6 Å². The molecule has 0 radical (unpaired) electrons. The zero-order valence-electron chi connectivity index (χ0n) is 45.1. The lowest BCUT2D eigenvalue weighted by atomic mass is 9.35. The van der Waals surface area contributed by atoms with E-state index < -0.39 is 0 Å². The second-order valence-electron chi connectivity index (χ2n) is 28.3. The molecule has 0 unspecified atom stereocenters. The van der Waals surface area contributed by atoms with Gasteiger partial charge in [-0.25, -0.2) is 0 Å². The third-order valence-electron chi connectivity index (χ3n) is 18.6. The Morgan fingerprint density at radius 1 is 0.426 bits per heavy atom. The van der Waals surface area contributed by atoms with E-state index in [-0.39, 0.29) is 50.0 Å².